The normalized spacial score (nSPS) is 10.8. The summed E-state index contributed by atoms with van der Waals surface area (Å²) in [6.45, 7) is 0.747. The molecule has 0 fully saturated rings. The number of nitrogens with one attached hydrogen (secondary N) is 2. The average molecular weight is 410 g/mol. The third kappa shape index (κ3) is 3.09. The molecule has 0 atom stereocenters. The molecule has 3 nitrogen and oxygen atoms in total. The molecule has 3 rings (SSSR count). The van der Waals surface area contributed by atoms with Crippen molar-refractivity contribution < 1.29 is 4.74 Å². The van der Waals surface area contributed by atoms with Crippen molar-refractivity contribution in [3.8, 4) is 5.75 Å². The monoisotopic (exact) mass is 408 g/mol. The Hall–Kier alpha value is -1.46. The number of aromatic amines is 1. The highest BCUT2D eigenvalue weighted by molar-refractivity contribution is 9.11. The van der Waals surface area contributed by atoms with Crippen LogP contribution >= 0.6 is 31.9 Å². The van der Waals surface area contributed by atoms with E-state index in [-0.39, 0.29) is 0 Å². The first-order chi connectivity index (χ1) is 10.2. The summed E-state index contributed by atoms with van der Waals surface area (Å²) >= 11 is 7.05. The van der Waals surface area contributed by atoms with Gasteiger partial charge in [0.05, 0.1) is 16.1 Å². The van der Waals surface area contributed by atoms with Gasteiger partial charge in [-0.15, -0.1) is 0 Å². The highest BCUT2D eigenvalue weighted by Crippen LogP contribution is 2.34. The summed E-state index contributed by atoms with van der Waals surface area (Å²) in [4.78, 5) is 3.19. The molecule has 21 heavy (non-hydrogen) atoms. The lowest BCUT2D eigenvalue weighted by molar-refractivity contribution is 0.409. The highest BCUT2D eigenvalue weighted by Gasteiger charge is 2.07. The largest absolute Gasteiger partial charge is 0.494 e. The number of ether oxygens (including phenoxy) is 1. The van der Waals surface area contributed by atoms with Gasteiger partial charge < -0.3 is 15.0 Å². The lowest BCUT2D eigenvalue weighted by Gasteiger charge is -2.11. The van der Waals surface area contributed by atoms with Crippen LogP contribution in [0, 0.1) is 0 Å². The van der Waals surface area contributed by atoms with E-state index in [0.29, 0.717) is 0 Å². The summed E-state index contributed by atoms with van der Waals surface area (Å²) in [6.07, 6.45) is 1.95. The van der Waals surface area contributed by atoms with Crippen LogP contribution < -0.4 is 10.1 Å². The molecule has 108 valence electrons. The first-order valence-corrected chi connectivity index (χ1v) is 8.09. The Bertz CT molecular complexity index is 760. The summed E-state index contributed by atoms with van der Waals surface area (Å²) in [7, 11) is 1.66. The number of hydrogen-bond acceptors (Lipinski definition) is 2. The number of aromatic nitrogens is 1. The van der Waals surface area contributed by atoms with Crippen molar-refractivity contribution in [1.29, 1.82) is 0 Å². The second-order valence-electron chi connectivity index (χ2n) is 4.73. The fourth-order valence-electron chi connectivity index (χ4n) is 2.28. The average Bonchev–Trinajstić information content (AvgIpc) is 2.92. The van der Waals surface area contributed by atoms with E-state index in [0.717, 1.165) is 32.4 Å². The quantitative estimate of drug-likeness (QED) is 0.612. The van der Waals surface area contributed by atoms with Crippen LogP contribution in [-0.2, 0) is 6.54 Å². The Kier molecular flexibility index (Phi) is 4.22. The maximum Gasteiger partial charge on any atom is 0.147 e. The zero-order valence-corrected chi connectivity index (χ0v) is 14.6. The van der Waals surface area contributed by atoms with E-state index in [2.05, 4.69) is 78.6 Å². The van der Waals surface area contributed by atoms with Crippen LogP contribution in [-0.4, -0.2) is 12.1 Å². The molecular formula is C16H14Br2N2O. The molecule has 0 saturated heterocycles. The minimum Gasteiger partial charge on any atom is -0.494 e. The second-order valence-corrected chi connectivity index (χ2v) is 6.43. The summed E-state index contributed by atoms with van der Waals surface area (Å²) in [6, 6.07) is 12.5. The van der Waals surface area contributed by atoms with Crippen molar-refractivity contribution in [2.45, 2.75) is 6.54 Å². The van der Waals surface area contributed by atoms with Gasteiger partial charge in [-0.25, -0.2) is 0 Å². The van der Waals surface area contributed by atoms with Gasteiger partial charge in [0.1, 0.15) is 5.75 Å². The van der Waals surface area contributed by atoms with Crippen molar-refractivity contribution >= 4 is 48.5 Å². The molecule has 2 N–H and O–H groups in total. The third-order valence-electron chi connectivity index (χ3n) is 3.31. The second kappa shape index (κ2) is 6.12. The fourth-order valence-corrected chi connectivity index (χ4v) is 3.88. The molecule has 0 bridgehead atoms. The van der Waals surface area contributed by atoms with E-state index in [1.807, 2.05) is 6.20 Å². The van der Waals surface area contributed by atoms with Crippen molar-refractivity contribution in [2.75, 3.05) is 12.4 Å². The van der Waals surface area contributed by atoms with Gasteiger partial charge in [-0.3, -0.25) is 0 Å². The van der Waals surface area contributed by atoms with Crippen LogP contribution in [0.4, 0.5) is 5.69 Å². The number of anilines is 1. The molecule has 0 saturated carbocycles. The number of fused-ring (bicyclic) bond motifs is 1. The smallest absolute Gasteiger partial charge is 0.147 e. The van der Waals surface area contributed by atoms with Crippen LogP contribution in [0.1, 0.15) is 5.56 Å². The molecule has 2 aromatic carbocycles. The van der Waals surface area contributed by atoms with E-state index in [1.165, 1.54) is 10.9 Å². The topological polar surface area (TPSA) is 37.0 Å². The lowest BCUT2D eigenvalue weighted by Crippen LogP contribution is -2.00. The van der Waals surface area contributed by atoms with Gasteiger partial charge in [-0.2, -0.15) is 0 Å². The minimum absolute atomic E-state index is 0.747. The molecule has 0 aliphatic rings. The van der Waals surface area contributed by atoms with Gasteiger partial charge in [0.2, 0.25) is 0 Å². The fraction of sp³-hybridized carbons (Fsp3) is 0.125. The maximum atomic E-state index is 5.32. The molecule has 3 aromatic rings. The van der Waals surface area contributed by atoms with Crippen LogP contribution in [0.5, 0.6) is 5.75 Å². The van der Waals surface area contributed by atoms with Crippen LogP contribution in [0.3, 0.4) is 0 Å². The van der Waals surface area contributed by atoms with Gasteiger partial charge in [-0.05, 0) is 73.8 Å². The third-order valence-corrected chi connectivity index (χ3v) is 4.49. The Morgan fingerprint density at radius 1 is 1.10 bits per heavy atom. The molecule has 0 aliphatic heterocycles. The number of hydrogen-bond donors (Lipinski definition) is 2. The molecule has 0 unspecified atom stereocenters. The molecule has 1 heterocycles. The molecular weight excluding hydrogens is 396 g/mol. The zero-order valence-electron chi connectivity index (χ0n) is 11.4. The van der Waals surface area contributed by atoms with Crippen LogP contribution in [0.2, 0.25) is 0 Å². The van der Waals surface area contributed by atoms with Gasteiger partial charge in [-0.1, -0.05) is 0 Å². The summed E-state index contributed by atoms with van der Waals surface area (Å²) < 4.78 is 7.20. The number of benzene rings is 2. The number of H-pyrrole nitrogens is 1. The SMILES string of the molecule is COc1c(Br)cc(CNc2ccc3[nH]ccc3c2)cc1Br. The van der Waals surface area contributed by atoms with Crippen molar-refractivity contribution in [2.24, 2.45) is 0 Å². The lowest BCUT2D eigenvalue weighted by atomic mass is 10.2. The van der Waals surface area contributed by atoms with Gasteiger partial charge in [0.25, 0.3) is 0 Å². The van der Waals surface area contributed by atoms with Gasteiger partial charge in [0.15, 0.2) is 0 Å². The molecule has 1 aromatic heterocycles. The van der Waals surface area contributed by atoms with Crippen molar-refractivity contribution in [1.82, 2.24) is 4.98 Å². The van der Waals surface area contributed by atoms with E-state index >= 15 is 0 Å². The Morgan fingerprint density at radius 2 is 1.86 bits per heavy atom. The summed E-state index contributed by atoms with van der Waals surface area (Å²) in [5, 5.41) is 4.64. The predicted molar refractivity (Wildman–Crippen MR) is 94.0 cm³/mol. The van der Waals surface area contributed by atoms with Crippen LogP contribution in [0.25, 0.3) is 10.9 Å². The maximum absolute atomic E-state index is 5.32. The zero-order chi connectivity index (χ0) is 14.8. The number of rotatable bonds is 4. The molecule has 0 amide bonds. The van der Waals surface area contributed by atoms with Crippen molar-refractivity contribution in [3.05, 3.63) is 57.1 Å². The summed E-state index contributed by atoms with van der Waals surface area (Å²) in [5.74, 6) is 0.812. The van der Waals surface area contributed by atoms with Crippen LogP contribution in [0.15, 0.2) is 51.5 Å². The predicted octanol–water partition coefficient (Wildman–Crippen LogP) is 5.31. The first-order valence-electron chi connectivity index (χ1n) is 6.50. The minimum atomic E-state index is 0.747. The standard InChI is InChI=1S/C16H14Br2N2O/c1-21-16-13(17)6-10(7-14(16)18)9-20-12-2-3-15-11(8-12)4-5-19-15/h2-8,19-20H,9H2,1H3. The molecule has 5 heteroatoms. The molecule has 0 aliphatic carbocycles. The van der Waals surface area contributed by atoms with Crippen molar-refractivity contribution in [3.63, 3.8) is 0 Å². The van der Waals surface area contributed by atoms with Gasteiger partial charge >= 0.3 is 0 Å². The van der Waals surface area contributed by atoms with E-state index in [4.69, 9.17) is 4.74 Å². The first kappa shape index (κ1) is 14.5. The molecule has 0 radical (unpaired) electrons. The molecule has 0 spiro atoms. The van der Waals surface area contributed by atoms with E-state index < -0.39 is 0 Å². The summed E-state index contributed by atoms with van der Waals surface area (Å²) in [5.41, 5.74) is 3.42. The van der Waals surface area contributed by atoms with E-state index in [9.17, 15) is 0 Å². The Labute approximate surface area is 140 Å². The Morgan fingerprint density at radius 3 is 2.57 bits per heavy atom. The Balaban J connectivity index is 1.78. The number of methoxy groups -OCH3 is 1. The number of halogens is 2. The van der Waals surface area contributed by atoms with E-state index in [1.54, 1.807) is 7.11 Å². The van der Waals surface area contributed by atoms with Gasteiger partial charge in [0, 0.05) is 29.3 Å². The highest BCUT2D eigenvalue weighted by atomic mass is 79.9.